The van der Waals surface area contributed by atoms with Crippen molar-refractivity contribution in [3.8, 4) is 6.07 Å². The fourth-order valence-corrected chi connectivity index (χ4v) is 0.961. The van der Waals surface area contributed by atoms with Gasteiger partial charge >= 0.3 is 0 Å². The molecule has 2 heteroatoms. The van der Waals surface area contributed by atoms with Gasteiger partial charge in [0.15, 0.2) is 0 Å². The van der Waals surface area contributed by atoms with Crippen LogP contribution in [0.15, 0.2) is 12.2 Å². The Hall–Kier alpha value is -0.810. The topological polar surface area (TPSA) is 33.0 Å². The summed E-state index contributed by atoms with van der Waals surface area (Å²) in [6.45, 7) is 10.0. The first kappa shape index (κ1) is 10.2. The van der Waals surface area contributed by atoms with Gasteiger partial charge in [-0.2, -0.15) is 5.26 Å². The van der Waals surface area contributed by atoms with Crippen molar-refractivity contribution in [2.75, 3.05) is 6.61 Å². The lowest BCUT2D eigenvalue weighted by Crippen LogP contribution is -2.21. The lowest BCUT2D eigenvalue weighted by atomic mass is 10.0. The molecule has 0 aliphatic rings. The van der Waals surface area contributed by atoms with Gasteiger partial charge in [-0.15, -0.1) is 0 Å². The molecule has 0 bridgehead atoms. The summed E-state index contributed by atoms with van der Waals surface area (Å²) in [6.07, 6.45) is -0.106. The summed E-state index contributed by atoms with van der Waals surface area (Å²) in [5, 5.41) is 8.61. The Labute approximate surface area is 68.5 Å². The molecule has 0 rings (SSSR count). The van der Waals surface area contributed by atoms with Gasteiger partial charge in [-0.3, -0.25) is 0 Å². The average molecular weight is 153 g/mol. The molecule has 2 unspecified atom stereocenters. The zero-order valence-electron chi connectivity index (χ0n) is 7.42. The summed E-state index contributed by atoms with van der Waals surface area (Å²) < 4.78 is 5.33. The van der Waals surface area contributed by atoms with Crippen LogP contribution >= 0.6 is 0 Å². The zero-order valence-corrected chi connectivity index (χ0v) is 7.42. The highest BCUT2D eigenvalue weighted by Gasteiger charge is 2.16. The Morgan fingerprint density at radius 1 is 1.73 bits per heavy atom. The number of ether oxygens (including phenoxy) is 1. The van der Waals surface area contributed by atoms with Crippen molar-refractivity contribution in [1.29, 1.82) is 5.26 Å². The third-order valence-electron chi connectivity index (χ3n) is 1.49. The molecule has 0 N–H and O–H groups in total. The van der Waals surface area contributed by atoms with Crippen LogP contribution < -0.4 is 0 Å². The van der Waals surface area contributed by atoms with E-state index in [1.807, 2.05) is 20.8 Å². The van der Waals surface area contributed by atoms with Gasteiger partial charge in [-0.25, -0.2) is 0 Å². The molecule has 62 valence electrons. The molecule has 0 aromatic heterocycles. The van der Waals surface area contributed by atoms with E-state index in [4.69, 9.17) is 10.00 Å². The molecule has 0 aromatic rings. The molecular weight excluding hydrogens is 138 g/mol. The van der Waals surface area contributed by atoms with Gasteiger partial charge in [0.25, 0.3) is 0 Å². The van der Waals surface area contributed by atoms with E-state index in [0.717, 1.165) is 5.57 Å². The smallest absolute Gasteiger partial charge is 0.0934 e. The fraction of sp³-hybridized carbons (Fsp3) is 0.667. The molecule has 0 aromatic carbocycles. The Morgan fingerprint density at radius 3 is 2.55 bits per heavy atom. The predicted molar refractivity (Wildman–Crippen MR) is 45.0 cm³/mol. The first-order valence-electron chi connectivity index (χ1n) is 3.80. The van der Waals surface area contributed by atoms with Crippen LogP contribution in [0.5, 0.6) is 0 Å². The van der Waals surface area contributed by atoms with Crippen LogP contribution in [0.1, 0.15) is 20.8 Å². The molecule has 0 fully saturated rings. The zero-order chi connectivity index (χ0) is 8.85. The summed E-state index contributed by atoms with van der Waals surface area (Å²) in [7, 11) is 0. The normalized spacial score (nSPS) is 15.1. The van der Waals surface area contributed by atoms with Gasteiger partial charge in [0, 0.05) is 6.61 Å². The number of hydrogen-bond donors (Lipinski definition) is 0. The molecule has 0 saturated carbocycles. The molecule has 0 radical (unpaired) electrons. The summed E-state index contributed by atoms with van der Waals surface area (Å²) in [5.41, 5.74) is 0.918. The Kier molecular flexibility index (Phi) is 4.56. The van der Waals surface area contributed by atoms with E-state index in [2.05, 4.69) is 12.6 Å². The van der Waals surface area contributed by atoms with E-state index in [0.29, 0.717) is 6.61 Å². The third kappa shape index (κ3) is 3.20. The summed E-state index contributed by atoms with van der Waals surface area (Å²) in [5.74, 6) is -0.104. The largest absolute Gasteiger partial charge is 0.373 e. The molecule has 0 aliphatic carbocycles. The fourth-order valence-electron chi connectivity index (χ4n) is 0.961. The summed E-state index contributed by atoms with van der Waals surface area (Å²) in [4.78, 5) is 0. The van der Waals surface area contributed by atoms with Crippen molar-refractivity contribution >= 4 is 0 Å². The monoisotopic (exact) mass is 153 g/mol. The molecule has 0 saturated heterocycles. The second kappa shape index (κ2) is 4.92. The SMILES string of the molecule is C=C(C)C(OCC)C(C)C#N. The molecule has 2 atom stereocenters. The number of hydrogen-bond acceptors (Lipinski definition) is 2. The summed E-state index contributed by atoms with van der Waals surface area (Å²) in [6, 6.07) is 2.15. The van der Waals surface area contributed by atoms with Crippen molar-refractivity contribution < 1.29 is 4.74 Å². The van der Waals surface area contributed by atoms with Gasteiger partial charge in [0.1, 0.15) is 0 Å². The molecule has 0 aliphatic heterocycles. The Balaban J connectivity index is 4.12. The molecule has 0 spiro atoms. The molecule has 2 nitrogen and oxygen atoms in total. The van der Waals surface area contributed by atoms with E-state index in [9.17, 15) is 0 Å². The average Bonchev–Trinajstić information content (AvgIpc) is 1.98. The van der Waals surface area contributed by atoms with Crippen molar-refractivity contribution in [3.63, 3.8) is 0 Å². The van der Waals surface area contributed by atoms with Crippen molar-refractivity contribution in [2.24, 2.45) is 5.92 Å². The minimum atomic E-state index is -0.106. The van der Waals surface area contributed by atoms with E-state index in [1.165, 1.54) is 0 Å². The van der Waals surface area contributed by atoms with Gasteiger partial charge in [-0.1, -0.05) is 12.2 Å². The first-order valence-corrected chi connectivity index (χ1v) is 3.80. The van der Waals surface area contributed by atoms with Gasteiger partial charge in [0.05, 0.1) is 18.1 Å². The van der Waals surface area contributed by atoms with Crippen LogP contribution in [0.25, 0.3) is 0 Å². The van der Waals surface area contributed by atoms with Crippen LogP contribution in [-0.2, 0) is 4.74 Å². The van der Waals surface area contributed by atoms with Crippen molar-refractivity contribution in [1.82, 2.24) is 0 Å². The molecule has 11 heavy (non-hydrogen) atoms. The Morgan fingerprint density at radius 2 is 2.27 bits per heavy atom. The van der Waals surface area contributed by atoms with E-state index < -0.39 is 0 Å². The lowest BCUT2D eigenvalue weighted by Gasteiger charge is -2.18. The number of nitriles is 1. The van der Waals surface area contributed by atoms with Crippen LogP contribution in [-0.4, -0.2) is 12.7 Å². The maximum absolute atomic E-state index is 8.61. The third-order valence-corrected chi connectivity index (χ3v) is 1.49. The van der Waals surface area contributed by atoms with E-state index in [-0.39, 0.29) is 12.0 Å². The van der Waals surface area contributed by atoms with Crippen LogP contribution in [0, 0.1) is 17.2 Å². The van der Waals surface area contributed by atoms with Crippen LogP contribution in [0.3, 0.4) is 0 Å². The highest BCUT2D eigenvalue weighted by atomic mass is 16.5. The van der Waals surface area contributed by atoms with Gasteiger partial charge in [-0.05, 0) is 20.8 Å². The van der Waals surface area contributed by atoms with Crippen molar-refractivity contribution in [2.45, 2.75) is 26.9 Å². The highest BCUT2D eigenvalue weighted by molar-refractivity contribution is 5.05. The maximum Gasteiger partial charge on any atom is 0.0934 e. The van der Waals surface area contributed by atoms with Crippen LogP contribution in [0.4, 0.5) is 0 Å². The number of nitrogens with zero attached hydrogens (tertiary/aromatic N) is 1. The highest BCUT2D eigenvalue weighted by Crippen LogP contribution is 2.13. The minimum absolute atomic E-state index is 0.104. The number of rotatable bonds is 4. The quantitative estimate of drug-likeness (QED) is 0.579. The second-order valence-electron chi connectivity index (χ2n) is 2.64. The standard InChI is InChI=1S/C9H15NO/c1-5-11-9(7(2)3)8(4)6-10/h8-9H,2,5H2,1,3-4H3. The second-order valence-corrected chi connectivity index (χ2v) is 2.64. The van der Waals surface area contributed by atoms with Gasteiger partial charge < -0.3 is 4.74 Å². The molecular formula is C9H15NO. The minimum Gasteiger partial charge on any atom is -0.373 e. The molecule has 0 amide bonds. The summed E-state index contributed by atoms with van der Waals surface area (Å²) >= 11 is 0. The van der Waals surface area contributed by atoms with Gasteiger partial charge in [0.2, 0.25) is 0 Å². The first-order chi connectivity index (χ1) is 5.13. The lowest BCUT2D eigenvalue weighted by molar-refractivity contribution is 0.0667. The molecule has 0 heterocycles. The van der Waals surface area contributed by atoms with Crippen LogP contribution in [0.2, 0.25) is 0 Å². The maximum atomic E-state index is 8.61. The Bertz CT molecular complexity index is 169. The van der Waals surface area contributed by atoms with E-state index >= 15 is 0 Å². The van der Waals surface area contributed by atoms with Crippen molar-refractivity contribution in [3.05, 3.63) is 12.2 Å². The predicted octanol–water partition coefficient (Wildman–Crippen LogP) is 2.13. The van der Waals surface area contributed by atoms with E-state index in [1.54, 1.807) is 0 Å².